The molecule has 2 rings (SSSR count). The SMILES string of the molecule is CC(C(=O)NCC(=O)O)N1C(=O)/C(=C/c2ccc(F)cc2)SC1=S. The Hall–Kier alpha value is -2.26. The van der Waals surface area contributed by atoms with Gasteiger partial charge >= 0.3 is 5.97 Å². The molecule has 0 radical (unpaired) electrons. The number of aliphatic carboxylic acids is 1. The maximum atomic E-state index is 12.9. The maximum absolute atomic E-state index is 12.9. The molecule has 0 bridgehead atoms. The Morgan fingerprint density at radius 2 is 2.04 bits per heavy atom. The highest BCUT2D eigenvalue weighted by molar-refractivity contribution is 8.26. The molecular weight excluding hydrogens is 355 g/mol. The zero-order valence-corrected chi connectivity index (χ0v) is 14.1. The predicted molar refractivity (Wildman–Crippen MR) is 91.5 cm³/mol. The Kier molecular flexibility index (Phi) is 5.68. The summed E-state index contributed by atoms with van der Waals surface area (Å²) in [5.41, 5.74) is 0.625. The van der Waals surface area contributed by atoms with Gasteiger partial charge in [-0.2, -0.15) is 0 Å². The number of halogens is 1. The number of carbonyl (C=O) groups excluding carboxylic acids is 2. The van der Waals surface area contributed by atoms with Crippen LogP contribution < -0.4 is 5.32 Å². The summed E-state index contributed by atoms with van der Waals surface area (Å²) < 4.78 is 13.1. The Bertz CT molecular complexity index is 733. The van der Waals surface area contributed by atoms with E-state index in [0.717, 1.165) is 16.7 Å². The van der Waals surface area contributed by atoms with Gasteiger partial charge in [-0.15, -0.1) is 0 Å². The van der Waals surface area contributed by atoms with Crippen LogP contribution in [0.25, 0.3) is 6.08 Å². The summed E-state index contributed by atoms with van der Waals surface area (Å²) in [5.74, 6) is -2.63. The first-order valence-electron chi connectivity index (χ1n) is 6.81. The number of carbonyl (C=O) groups is 3. The lowest BCUT2D eigenvalue weighted by Crippen LogP contribution is -2.48. The predicted octanol–water partition coefficient (Wildman–Crippen LogP) is 1.62. The third-order valence-corrected chi connectivity index (χ3v) is 4.50. The van der Waals surface area contributed by atoms with Crippen LogP contribution in [0.3, 0.4) is 0 Å². The van der Waals surface area contributed by atoms with Crippen molar-refractivity contribution in [3.63, 3.8) is 0 Å². The van der Waals surface area contributed by atoms with Crippen molar-refractivity contribution in [2.45, 2.75) is 13.0 Å². The van der Waals surface area contributed by atoms with Gasteiger partial charge in [-0.3, -0.25) is 19.3 Å². The van der Waals surface area contributed by atoms with Crippen molar-refractivity contribution in [3.05, 3.63) is 40.6 Å². The lowest BCUT2D eigenvalue weighted by Gasteiger charge is -2.21. The van der Waals surface area contributed by atoms with Crippen LogP contribution in [-0.2, 0) is 14.4 Å². The van der Waals surface area contributed by atoms with Gasteiger partial charge in [0.05, 0.1) is 4.91 Å². The number of rotatable bonds is 5. The lowest BCUT2D eigenvalue weighted by molar-refractivity contribution is -0.139. The molecule has 0 saturated carbocycles. The molecular formula is C15H13FN2O4S2. The molecule has 2 N–H and O–H groups in total. The Balaban J connectivity index is 2.14. The van der Waals surface area contributed by atoms with E-state index in [1.54, 1.807) is 6.08 Å². The number of nitrogens with one attached hydrogen (secondary N) is 1. The Labute approximate surface area is 146 Å². The van der Waals surface area contributed by atoms with Crippen LogP contribution in [0.5, 0.6) is 0 Å². The van der Waals surface area contributed by atoms with E-state index in [2.05, 4.69) is 5.32 Å². The minimum absolute atomic E-state index is 0.200. The average Bonchev–Trinajstić information content (AvgIpc) is 2.80. The Morgan fingerprint density at radius 3 is 2.62 bits per heavy atom. The summed E-state index contributed by atoms with van der Waals surface area (Å²) in [7, 11) is 0. The molecule has 1 heterocycles. The number of thiocarbonyl (C=S) groups is 1. The number of carboxylic acids is 1. The van der Waals surface area contributed by atoms with E-state index in [9.17, 15) is 18.8 Å². The molecule has 6 nitrogen and oxygen atoms in total. The van der Waals surface area contributed by atoms with E-state index in [1.807, 2.05) is 0 Å². The quantitative estimate of drug-likeness (QED) is 0.607. The van der Waals surface area contributed by atoms with Crippen LogP contribution in [0.2, 0.25) is 0 Å². The fourth-order valence-corrected chi connectivity index (χ4v) is 3.37. The molecule has 0 spiro atoms. The van der Waals surface area contributed by atoms with Crippen molar-refractivity contribution in [1.82, 2.24) is 10.2 Å². The second-order valence-electron chi connectivity index (χ2n) is 4.89. The first kappa shape index (κ1) is 18.1. The Morgan fingerprint density at radius 1 is 1.42 bits per heavy atom. The highest BCUT2D eigenvalue weighted by Crippen LogP contribution is 2.33. The van der Waals surface area contributed by atoms with Gasteiger partial charge < -0.3 is 10.4 Å². The van der Waals surface area contributed by atoms with Crippen LogP contribution >= 0.6 is 24.0 Å². The molecule has 24 heavy (non-hydrogen) atoms. The van der Waals surface area contributed by atoms with Crippen molar-refractivity contribution in [2.24, 2.45) is 0 Å². The third-order valence-electron chi connectivity index (χ3n) is 3.17. The molecule has 1 aliphatic rings. The molecule has 1 atom stereocenters. The smallest absolute Gasteiger partial charge is 0.322 e. The summed E-state index contributed by atoms with van der Waals surface area (Å²) in [6.07, 6.45) is 1.56. The van der Waals surface area contributed by atoms with Gasteiger partial charge in [0.2, 0.25) is 5.91 Å². The fourth-order valence-electron chi connectivity index (χ4n) is 1.95. The minimum Gasteiger partial charge on any atom is -0.480 e. The number of nitrogens with zero attached hydrogens (tertiary/aromatic N) is 1. The molecule has 2 amide bonds. The average molecular weight is 368 g/mol. The molecule has 1 saturated heterocycles. The van der Waals surface area contributed by atoms with E-state index in [4.69, 9.17) is 17.3 Å². The summed E-state index contributed by atoms with van der Waals surface area (Å²) >= 11 is 6.16. The van der Waals surface area contributed by atoms with Gasteiger partial charge in [0.25, 0.3) is 5.91 Å². The maximum Gasteiger partial charge on any atom is 0.322 e. The molecule has 1 fully saturated rings. The molecule has 1 aromatic carbocycles. The van der Waals surface area contributed by atoms with E-state index in [1.165, 1.54) is 31.2 Å². The number of hydrogen-bond acceptors (Lipinski definition) is 5. The zero-order chi connectivity index (χ0) is 17.9. The molecule has 1 unspecified atom stereocenters. The van der Waals surface area contributed by atoms with E-state index in [0.29, 0.717) is 10.5 Å². The molecule has 0 aromatic heterocycles. The van der Waals surface area contributed by atoms with E-state index >= 15 is 0 Å². The van der Waals surface area contributed by atoms with Crippen molar-refractivity contribution in [2.75, 3.05) is 6.54 Å². The second-order valence-corrected chi connectivity index (χ2v) is 6.57. The second kappa shape index (κ2) is 7.54. The van der Waals surface area contributed by atoms with Gasteiger partial charge in [0.1, 0.15) is 22.7 Å². The number of hydrogen-bond donors (Lipinski definition) is 2. The number of carboxylic acid groups (broad SMARTS) is 1. The van der Waals surface area contributed by atoms with Crippen LogP contribution in [0.15, 0.2) is 29.2 Å². The molecule has 9 heteroatoms. The first-order valence-corrected chi connectivity index (χ1v) is 8.04. The van der Waals surface area contributed by atoms with Crippen molar-refractivity contribution in [1.29, 1.82) is 0 Å². The molecule has 1 aliphatic heterocycles. The van der Waals surface area contributed by atoms with Gasteiger partial charge in [-0.05, 0) is 30.7 Å². The standard InChI is InChI=1S/C15H13FN2O4S2/c1-8(13(21)17-7-12(19)20)18-14(22)11(24-15(18)23)6-9-2-4-10(16)5-3-9/h2-6,8H,7H2,1H3,(H,17,21)(H,19,20)/b11-6-. The van der Waals surface area contributed by atoms with Crippen molar-refractivity contribution in [3.8, 4) is 0 Å². The highest BCUT2D eigenvalue weighted by Gasteiger charge is 2.38. The first-order chi connectivity index (χ1) is 11.3. The minimum atomic E-state index is -1.18. The number of benzene rings is 1. The molecule has 0 aliphatic carbocycles. The van der Waals surface area contributed by atoms with Crippen molar-refractivity contribution < 1.29 is 23.9 Å². The fraction of sp³-hybridized carbons (Fsp3) is 0.200. The van der Waals surface area contributed by atoms with Crippen LogP contribution in [0.1, 0.15) is 12.5 Å². The highest BCUT2D eigenvalue weighted by atomic mass is 32.2. The zero-order valence-electron chi connectivity index (χ0n) is 12.5. The lowest BCUT2D eigenvalue weighted by atomic mass is 10.2. The summed E-state index contributed by atoms with van der Waals surface area (Å²) in [4.78, 5) is 36.3. The molecule has 1 aromatic rings. The molecule has 126 valence electrons. The van der Waals surface area contributed by atoms with Crippen LogP contribution in [0.4, 0.5) is 4.39 Å². The monoisotopic (exact) mass is 368 g/mol. The van der Waals surface area contributed by atoms with Crippen LogP contribution in [0, 0.1) is 5.82 Å². The normalized spacial score (nSPS) is 17.2. The van der Waals surface area contributed by atoms with Gasteiger partial charge in [0.15, 0.2) is 0 Å². The summed E-state index contributed by atoms with van der Waals surface area (Å²) in [5, 5.41) is 10.8. The number of amides is 2. The van der Waals surface area contributed by atoms with Crippen LogP contribution in [-0.4, -0.2) is 44.7 Å². The van der Waals surface area contributed by atoms with Crippen molar-refractivity contribution >= 4 is 52.2 Å². The van der Waals surface area contributed by atoms with Gasteiger partial charge in [-0.25, -0.2) is 4.39 Å². The van der Waals surface area contributed by atoms with E-state index < -0.39 is 30.4 Å². The number of thioether (sulfide) groups is 1. The topological polar surface area (TPSA) is 86.7 Å². The summed E-state index contributed by atoms with van der Waals surface area (Å²) in [6, 6.07) is 4.65. The van der Waals surface area contributed by atoms with E-state index in [-0.39, 0.29) is 10.1 Å². The third kappa shape index (κ3) is 4.18. The van der Waals surface area contributed by atoms with Gasteiger partial charge in [-0.1, -0.05) is 36.1 Å². The van der Waals surface area contributed by atoms with Gasteiger partial charge in [0, 0.05) is 0 Å². The summed E-state index contributed by atoms with van der Waals surface area (Å²) in [6.45, 7) is 0.923. The largest absolute Gasteiger partial charge is 0.480 e.